The number of rotatable bonds is 8. The lowest BCUT2D eigenvalue weighted by molar-refractivity contribution is -0.123. The lowest BCUT2D eigenvalue weighted by Gasteiger charge is -2.08. The van der Waals surface area contributed by atoms with Gasteiger partial charge >= 0.3 is 0 Å². The van der Waals surface area contributed by atoms with Crippen molar-refractivity contribution in [3.05, 3.63) is 52.2 Å². The summed E-state index contributed by atoms with van der Waals surface area (Å²) in [6.07, 6.45) is 0.150. The first-order valence-electron chi connectivity index (χ1n) is 8.40. The van der Waals surface area contributed by atoms with Crippen LogP contribution in [0.4, 0.5) is 5.69 Å². The van der Waals surface area contributed by atoms with Gasteiger partial charge in [-0.25, -0.2) is 4.98 Å². The molecule has 2 amide bonds. The van der Waals surface area contributed by atoms with Crippen LogP contribution in [0.2, 0.25) is 0 Å². The van der Waals surface area contributed by atoms with Gasteiger partial charge < -0.3 is 15.4 Å². The van der Waals surface area contributed by atoms with Gasteiger partial charge in [-0.05, 0) is 42.6 Å². The monoisotopic (exact) mass is 401 g/mol. The standard InChI is InChI=1S/C19H19N3O3S2/c1-2-25-16-5-3-14(4-6-16)21-18(24)10-20-17(23)9-15-12-27-19(22-15)13-7-8-26-11-13/h3-8,11-12H,2,9-10H2,1H3,(H,20,23)(H,21,24). The van der Waals surface area contributed by atoms with Crippen LogP contribution < -0.4 is 15.4 Å². The van der Waals surface area contributed by atoms with Crippen LogP contribution in [0.25, 0.3) is 10.6 Å². The van der Waals surface area contributed by atoms with Crippen molar-refractivity contribution in [2.24, 2.45) is 0 Å². The van der Waals surface area contributed by atoms with Crippen LogP contribution in [0, 0.1) is 0 Å². The summed E-state index contributed by atoms with van der Waals surface area (Å²) in [5.41, 5.74) is 2.41. The van der Waals surface area contributed by atoms with Crippen LogP contribution in [-0.4, -0.2) is 29.9 Å². The Hall–Kier alpha value is -2.71. The smallest absolute Gasteiger partial charge is 0.243 e. The molecule has 2 aromatic heterocycles. The van der Waals surface area contributed by atoms with Crippen LogP contribution in [0.15, 0.2) is 46.5 Å². The van der Waals surface area contributed by atoms with E-state index in [0.717, 1.165) is 16.3 Å². The largest absolute Gasteiger partial charge is 0.494 e. The van der Waals surface area contributed by atoms with E-state index in [1.807, 2.05) is 29.1 Å². The molecule has 8 heteroatoms. The summed E-state index contributed by atoms with van der Waals surface area (Å²) in [6, 6.07) is 9.08. The zero-order valence-electron chi connectivity index (χ0n) is 14.7. The van der Waals surface area contributed by atoms with E-state index in [1.54, 1.807) is 35.6 Å². The Labute approximate surface area is 165 Å². The molecule has 0 unspecified atom stereocenters. The Balaban J connectivity index is 1.44. The zero-order valence-corrected chi connectivity index (χ0v) is 16.4. The van der Waals surface area contributed by atoms with Crippen LogP contribution in [0.1, 0.15) is 12.6 Å². The number of thiophene rings is 1. The van der Waals surface area contributed by atoms with Gasteiger partial charge in [-0.3, -0.25) is 9.59 Å². The van der Waals surface area contributed by atoms with Crippen LogP contribution in [0.3, 0.4) is 0 Å². The second kappa shape index (κ2) is 9.29. The van der Waals surface area contributed by atoms with E-state index in [1.165, 1.54) is 11.3 Å². The molecule has 140 valence electrons. The van der Waals surface area contributed by atoms with Crippen molar-refractivity contribution in [3.8, 4) is 16.3 Å². The van der Waals surface area contributed by atoms with Crippen molar-refractivity contribution in [1.29, 1.82) is 0 Å². The average molecular weight is 402 g/mol. The maximum absolute atomic E-state index is 12.0. The van der Waals surface area contributed by atoms with Gasteiger partial charge in [0.2, 0.25) is 11.8 Å². The Morgan fingerprint density at radius 3 is 2.63 bits per heavy atom. The minimum absolute atomic E-state index is 0.0897. The highest BCUT2D eigenvalue weighted by atomic mass is 32.1. The third-order valence-electron chi connectivity index (χ3n) is 3.56. The van der Waals surface area contributed by atoms with E-state index < -0.39 is 0 Å². The van der Waals surface area contributed by atoms with E-state index in [4.69, 9.17) is 4.74 Å². The molecule has 0 aliphatic carbocycles. The Morgan fingerprint density at radius 1 is 1.11 bits per heavy atom. The predicted octanol–water partition coefficient (Wildman–Crippen LogP) is 3.57. The maximum Gasteiger partial charge on any atom is 0.243 e. The molecule has 6 nitrogen and oxygen atoms in total. The Morgan fingerprint density at radius 2 is 1.93 bits per heavy atom. The third kappa shape index (κ3) is 5.63. The quantitative estimate of drug-likeness (QED) is 0.605. The first-order valence-corrected chi connectivity index (χ1v) is 10.2. The first-order chi connectivity index (χ1) is 13.1. The van der Waals surface area contributed by atoms with E-state index in [9.17, 15) is 9.59 Å². The number of ether oxygens (including phenoxy) is 1. The summed E-state index contributed by atoms with van der Waals surface area (Å²) in [5, 5.41) is 12.1. The second-order valence-electron chi connectivity index (χ2n) is 5.62. The molecule has 0 bridgehead atoms. The van der Waals surface area contributed by atoms with Gasteiger partial charge in [0, 0.05) is 22.0 Å². The normalized spacial score (nSPS) is 10.4. The fourth-order valence-electron chi connectivity index (χ4n) is 2.32. The number of aromatic nitrogens is 1. The van der Waals surface area contributed by atoms with Crippen LogP contribution in [-0.2, 0) is 16.0 Å². The highest BCUT2D eigenvalue weighted by Crippen LogP contribution is 2.25. The van der Waals surface area contributed by atoms with Crippen molar-refractivity contribution in [1.82, 2.24) is 10.3 Å². The molecule has 0 saturated carbocycles. The summed E-state index contributed by atoms with van der Waals surface area (Å²) in [5.74, 6) is 0.220. The molecule has 0 radical (unpaired) electrons. The van der Waals surface area contributed by atoms with E-state index in [2.05, 4.69) is 15.6 Å². The second-order valence-corrected chi connectivity index (χ2v) is 7.25. The number of anilines is 1. The molecule has 2 heterocycles. The average Bonchev–Trinajstić information content (AvgIpc) is 3.33. The molecule has 0 fully saturated rings. The SMILES string of the molecule is CCOc1ccc(NC(=O)CNC(=O)Cc2csc(-c3ccsc3)n2)cc1. The van der Waals surface area contributed by atoms with Crippen LogP contribution >= 0.6 is 22.7 Å². The molecule has 0 spiro atoms. The molecule has 0 aliphatic rings. The highest BCUT2D eigenvalue weighted by Gasteiger charge is 2.11. The van der Waals surface area contributed by atoms with E-state index >= 15 is 0 Å². The molecule has 3 aromatic rings. The summed E-state index contributed by atoms with van der Waals surface area (Å²) in [4.78, 5) is 28.5. The number of carbonyl (C=O) groups is 2. The Bertz CT molecular complexity index is 889. The van der Waals surface area contributed by atoms with Gasteiger partial charge in [-0.2, -0.15) is 11.3 Å². The van der Waals surface area contributed by atoms with Crippen molar-refractivity contribution < 1.29 is 14.3 Å². The minimum atomic E-state index is -0.287. The van der Waals surface area contributed by atoms with Crippen molar-refractivity contribution in [3.63, 3.8) is 0 Å². The number of nitrogens with zero attached hydrogens (tertiary/aromatic N) is 1. The lowest BCUT2D eigenvalue weighted by atomic mass is 10.3. The van der Waals surface area contributed by atoms with Gasteiger partial charge in [0.25, 0.3) is 0 Å². The van der Waals surface area contributed by atoms with Gasteiger partial charge in [-0.1, -0.05) is 0 Å². The molecule has 0 atom stereocenters. The topological polar surface area (TPSA) is 80.3 Å². The molecule has 27 heavy (non-hydrogen) atoms. The van der Waals surface area contributed by atoms with Crippen molar-refractivity contribution >= 4 is 40.2 Å². The predicted molar refractivity (Wildman–Crippen MR) is 108 cm³/mol. The van der Waals surface area contributed by atoms with Gasteiger partial charge in [0.05, 0.1) is 25.3 Å². The molecule has 3 rings (SSSR count). The number of amides is 2. The molecule has 2 N–H and O–H groups in total. The fourth-order valence-corrected chi connectivity index (χ4v) is 3.85. The van der Waals surface area contributed by atoms with E-state index in [0.29, 0.717) is 18.0 Å². The zero-order chi connectivity index (χ0) is 19.1. The number of thiazole rings is 1. The van der Waals surface area contributed by atoms with Crippen molar-refractivity contribution in [2.45, 2.75) is 13.3 Å². The van der Waals surface area contributed by atoms with Gasteiger partial charge in [0.1, 0.15) is 10.8 Å². The fraction of sp³-hybridized carbons (Fsp3) is 0.211. The third-order valence-corrected chi connectivity index (χ3v) is 5.18. The number of hydrogen-bond donors (Lipinski definition) is 2. The van der Waals surface area contributed by atoms with Crippen molar-refractivity contribution in [2.75, 3.05) is 18.5 Å². The highest BCUT2D eigenvalue weighted by molar-refractivity contribution is 7.14. The molecular weight excluding hydrogens is 382 g/mol. The van der Waals surface area contributed by atoms with E-state index in [-0.39, 0.29) is 24.8 Å². The molecule has 0 aliphatic heterocycles. The summed E-state index contributed by atoms with van der Waals surface area (Å²) < 4.78 is 5.35. The molecule has 1 aromatic carbocycles. The molecule has 0 saturated heterocycles. The maximum atomic E-state index is 12.0. The summed E-state index contributed by atoms with van der Waals surface area (Å²) in [7, 11) is 0. The number of hydrogen-bond acceptors (Lipinski definition) is 6. The molecular formula is C19H19N3O3S2. The number of carbonyl (C=O) groups excluding carboxylic acids is 2. The summed E-state index contributed by atoms with van der Waals surface area (Å²) >= 11 is 3.11. The summed E-state index contributed by atoms with van der Waals surface area (Å²) in [6.45, 7) is 2.41. The Kier molecular flexibility index (Phi) is 6.56. The van der Waals surface area contributed by atoms with Crippen LogP contribution in [0.5, 0.6) is 5.75 Å². The first kappa shape index (κ1) is 19.1. The lowest BCUT2D eigenvalue weighted by Crippen LogP contribution is -2.33. The number of nitrogens with one attached hydrogen (secondary N) is 2. The minimum Gasteiger partial charge on any atom is -0.494 e. The number of benzene rings is 1. The van der Waals surface area contributed by atoms with Gasteiger partial charge in [0.15, 0.2) is 0 Å². The van der Waals surface area contributed by atoms with Gasteiger partial charge in [-0.15, -0.1) is 11.3 Å².